The van der Waals surface area contributed by atoms with Crippen molar-refractivity contribution in [3.63, 3.8) is 0 Å². The van der Waals surface area contributed by atoms with Crippen molar-refractivity contribution in [1.29, 1.82) is 0 Å². The van der Waals surface area contributed by atoms with Gasteiger partial charge in [0.25, 0.3) is 5.91 Å². The summed E-state index contributed by atoms with van der Waals surface area (Å²) in [7, 11) is 0. The normalized spacial score (nSPS) is 15.0. The lowest BCUT2D eigenvalue weighted by molar-refractivity contribution is -0.274. The van der Waals surface area contributed by atoms with Gasteiger partial charge >= 0.3 is 6.36 Å². The van der Waals surface area contributed by atoms with Gasteiger partial charge in [0.2, 0.25) is 5.95 Å². The first-order valence-electron chi connectivity index (χ1n) is 9.44. The van der Waals surface area contributed by atoms with Crippen LogP contribution in [0.5, 0.6) is 5.75 Å². The van der Waals surface area contributed by atoms with Crippen LogP contribution in [0.2, 0.25) is 0 Å². The molecule has 13 heteroatoms. The fourth-order valence-electron chi connectivity index (χ4n) is 3.73. The van der Waals surface area contributed by atoms with Gasteiger partial charge in [0.15, 0.2) is 0 Å². The third-order valence-corrected chi connectivity index (χ3v) is 4.96. The fraction of sp³-hybridized carbons (Fsp3) is 0.250. The summed E-state index contributed by atoms with van der Waals surface area (Å²) >= 11 is 0. The van der Waals surface area contributed by atoms with Crippen LogP contribution in [0.4, 0.5) is 19.1 Å². The number of anilines is 1. The predicted molar refractivity (Wildman–Crippen MR) is 122 cm³/mol. The minimum Gasteiger partial charge on any atom is -0.406 e. The summed E-state index contributed by atoms with van der Waals surface area (Å²) in [5.74, 6) is -0.580. The number of nitrogens with one attached hydrogen (secondary N) is 1. The summed E-state index contributed by atoms with van der Waals surface area (Å²) < 4.78 is 44.0. The molecule has 3 heterocycles. The Morgan fingerprint density at radius 3 is 2.48 bits per heavy atom. The zero-order valence-corrected chi connectivity index (χ0v) is 18.6. The molecule has 0 spiro atoms. The van der Waals surface area contributed by atoms with Crippen molar-refractivity contribution >= 4 is 36.7 Å². The first-order chi connectivity index (χ1) is 14.8. The van der Waals surface area contributed by atoms with Crippen molar-refractivity contribution in [3.8, 4) is 28.1 Å². The molecule has 33 heavy (non-hydrogen) atoms. The van der Waals surface area contributed by atoms with Gasteiger partial charge in [-0.25, -0.2) is 9.97 Å². The molecule has 0 radical (unpaired) electrons. The lowest BCUT2D eigenvalue weighted by Gasteiger charge is -2.28. The molecule has 5 N–H and O–H groups in total. The number of alkyl halides is 3. The number of carbonyl (C=O) groups excluding carboxylic acids is 1. The number of fused-ring (bicyclic) bond motifs is 1. The largest absolute Gasteiger partial charge is 0.573 e. The number of aromatic nitrogens is 3. The van der Waals surface area contributed by atoms with Crippen LogP contribution in [0.1, 0.15) is 23.0 Å². The fourth-order valence-corrected chi connectivity index (χ4v) is 3.73. The van der Waals surface area contributed by atoms with Gasteiger partial charge in [0.1, 0.15) is 11.4 Å². The summed E-state index contributed by atoms with van der Waals surface area (Å²) in [6.07, 6.45) is -1.22. The summed E-state index contributed by atoms with van der Waals surface area (Å²) in [5.41, 5.74) is 13.9. The van der Waals surface area contributed by atoms with E-state index in [4.69, 9.17) is 11.5 Å². The monoisotopic (exact) mass is 504 g/mol. The highest BCUT2D eigenvalue weighted by Gasteiger charge is 2.33. The quantitative estimate of drug-likeness (QED) is 0.488. The van der Waals surface area contributed by atoms with E-state index in [1.807, 2.05) is 4.57 Å². The molecule has 3 aromatic rings. The van der Waals surface area contributed by atoms with Gasteiger partial charge < -0.3 is 26.1 Å². The van der Waals surface area contributed by atoms with Gasteiger partial charge in [0, 0.05) is 30.1 Å². The van der Waals surface area contributed by atoms with Crippen molar-refractivity contribution in [2.24, 2.45) is 5.73 Å². The van der Waals surface area contributed by atoms with Crippen molar-refractivity contribution in [2.45, 2.75) is 18.8 Å². The zero-order valence-electron chi connectivity index (χ0n) is 17.0. The average Bonchev–Trinajstić information content (AvgIpc) is 3.11. The molecule has 0 saturated heterocycles. The predicted octanol–water partition coefficient (Wildman–Crippen LogP) is 3.57. The SMILES string of the molecule is Cl.Cl.NCC[C@H]1CNC(=O)c2cc(-c3cccc(OC(F)(F)F)c3)c(-c3cnc(N)nc3)n21. The van der Waals surface area contributed by atoms with Gasteiger partial charge in [-0.3, -0.25) is 4.79 Å². The number of carbonyl (C=O) groups is 1. The summed E-state index contributed by atoms with van der Waals surface area (Å²) in [6.45, 7) is 0.761. The van der Waals surface area contributed by atoms with Gasteiger partial charge in [-0.05, 0) is 36.7 Å². The van der Waals surface area contributed by atoms with Crippen LogP contribution < -0.4 is 21.5 Å². The minimum atomic E-state index is -4.82. The minimum absolute atomic E-state index is 0. The Hall–Kier alpha value is -3.02. The number of nitrogen functional groups attached to an aromatic ring is 1. The van der Waals surface area contributed by atoms with Crippen LogP contribution in [0, 0.1) is 0 Å². The number of rotatable bonds is 5. The van der Waals surface area contributed by atoms with E-state index in [0.29, 0.717) is 47.6 Å². The number of hydrogen-bond acceptors (Lipinski definition) is 6. The zero-order chi connectivity index (χ0) is 22.2. The van der Waals surface area contributed by atoms with E-state index in [2.05, 4.69) is 20.0 Å². The second-order valence-electron chi connectivity index (χ2n) is 7.01. The molecule has 8 nitrogen and oxygen atoms in total. The summed E-state index contributed by atoms with van der Waals surface area (Å²) in [6, 6.07) is 7.07. The summed E-state index contributed by atoms with van der Waals surface area (Å²) in [5, 5.41) is 2.83. The molecule has 0 bridgehead atoms. The Morgan fingerprint density at radius 2 is 1.85 bits per heavy atom. The van der Waals surface area contributed by atoms with Gasteiger partial charge in [-0.1, -0.05) is 12.1 Å². The smallest absolute Gasteiger partial charge is 0.406 e. The lowest BCUT2D eigenvalue weighted by atomic mass is 10.0. The van der Waals surface area contributed by atoms with Crippen LogP contribution in [0.3, 0.4) is 0 Å². The molecular formula is C20H21Cl2F3N6O2. The van der Waals surface area contributed by atoms with Gasteiger partial charge in [0.05, 0.1) is 11.7 Å². The van der Waals surface area contributed by atoms with Crippen molar-refractivity contribution in [3.05, 3.63) is 48.4 Å². The molecule has 0 fully saturated rings. The molecule has 1 aliphatic rings. The van der Waals surface area contributed by atoms with Crippen LogP contribution in [0.15, 0.2) is 42.7 Å². The topological polar surface area (TPSA) is 121 Å². The lowest BCUT2D eigenvalue weighted by Crippen LogP contribution is -2.39. The van der Waals surface area contributed by atoms with Crippen LogP contribution in [-0.4, -0.2) is 39.9 Å². The number of halogens is 5. The Kier molecular flexibility index (Phi) is 8.17. The second-order valence-corrected chi connectivity index (χ2v) is 7.01. The maximum Gasteiger partial charge on any atom is 0.573 e. The van der Waals surface area contributed by atoms with Crippen molar-refractivity contribution in [1.82, 2.24) is 19.9 Å². The third kappa shape index (κ3) is 5.49. The van der Waals surface area contributed by atoms with Gasteiger partial charge in [-0.2, -0.15) is 0 Å². The number of amides is 1. The molecule has 178 valence electrons. The molecule has 2 aromatic heterocycles. The van der Waals surface area contributed by atoms with E-state index in [0.717, 1.165) is 0 Å². The third-order valence-electron chi connectivity index (χ3n) is 4.96. The van der Waals surface area contributed by atoms with Crippen molar-refractivity contribution in [2.75, 3.05) is 18.8 Å². The Balaban J connectivity index is 0.00000193. The van der Waals surface area contributed by atoms with E-state index >= 15 is 0 Å². The highest BCUT2D eigenvalue weighted by Crippen LogP contribution is 2.40. The van der Waals surface area contributed by atoms with Gasteiger partial charge in [-0.15, -0.1) is 38.0 Å². The molecule has 4 rings (SSSR count). The maximum atomic E-state index is 12.7. The Morgan fingerprint density at radius 1 is 1.15 bits per heavy atom. The molecule has 1 atom stereocenters. The molecule has 0 saturated carbocycles. The number of ether oxygens (including phenoxy) is 1. The van der Waals surface area contributed by atoms with E-state index < -0.39 is 6.36 Å². The van der Waals surface area contributed by atoms with Crippen LogP contribution >= 0.6 is 24.8 Å². The van der Waals surface area contributed by atoms with Crippen LogP contribution in [0.25, 0.3) is 22.4 Å². The number of nitrogens with zero attached hydrogens (tertiary/aromatic N) is 3. The number of hydrogen-bond donors (Lipinski definition) is 3. The number of benzene rings is 1. The van der Waals surface area contributed by atoms with E-state index in [1.165, 1.54) is 30.6 Å². The standard InChI is InChI=1S/C20H19F3N6O2.2ClH/c21-20(22,23)31-14-3-1-2-11(6-14)15-7-16-18(30)26-10-13(4-5-24)29(16)17(15)12-8-27-19(25)28-9-12;;/h1-3,6-9,13H,4-5,10,24H2,(H,26,30)(H2,25,27,28);2*1H/t13-;;/m0../s1. The molecule has 1 aliphatic heterocycles. The van der Waals surface area contributed by atoms with E-state index in [-0.39, 0.29) is 48.5 Å². The Labute approximate surface area is 199 Å². The molecule has 0 aliphatic carbocycles. The first kappa shape index (κ1) is 26.2. The second kappa shape index (κ2) is 10.3. The summed E-state index contributed by atoms with van der Waals surface area (Å²) in [4.78, 5) is 20.6. The molecular weight excluding hydrogens is 484 g/mol. The van der Waals surface area contributed by atoms with E-state index in [9.17, 15) is 18.0 Å². The first-order valence-corrected chi connectivity index (χ1v) is 9.44. The molecule has 0 unspecified atom stereocenters. The highest BCUT2D eigenvalue weighted by atomic mass is 35.5. The molecule has 1 aromatic carbocycles. The number of nitrogens with two attached hydrogens (primary N) is 2. The maximum absolute atomic E-state index is 12.7. The Bertz CT molecular complexity index is 1120. The van der Waals surface area contributed by atoms with E-state index in [1.54, 1.807) is 12.1 Å². The molecule has 1 amide bonds. The van der Waals surface area contributed by atoms with Crippen LogP contribution in [-0.2, 0) is 0 Å². The van der Waals surface area contributed by atoms with Crippen molar-refractivity contribution < 1.29 is 22.7 Å². The average molecular weight is 505 g/mol. The highest BCUT2D eigenvalue weighted by molar-refractivity contribution is 5.98.